The quantitative estimate of drug-likeness (QED) is 0.850. The van der Waals surface area contributed by atoms with Crippen LogP contribution in [0.5, 0.6) is 5.75 Å². The highest BCUT2D eigenvalue weighted by Gasteiger charge is 2.23. The molecule has 0 fully saturated rings. The van der Waals surface area contributed by atoms with E-state index in [9.17, 15) is 0 Å². The summed E-state index contributed by atoms with van der Waals surface area (Å²) >= 11 is 0. The number of fused-ring (bicyclic) bond motifs is 2. The molecule has 21 heavy (non-hydrogen) atoms. The summed E-state index contributed by atoms with van der Waals surface area (Å²) < 4.78 is 11.0. The smallest absolute Gasteiger partial charge is 0.141 e. The van der Waals surface area contributed by atoms with E-state index >= 15 is 0 Å². The summed E-state index contributed by atoms with van der Waals surface area (Å²) in [6.07, 6.45) is 4.87. The van der Waals surface area contributed by atoms with Crippen LogP contribution in [-0.2, 0) is 19.3 Å². The van der Waals surface area contributed by atoms with Crippen LogP contribution in [0.4, 0.5) is 0 Å². The summed E-state index contributed by atoms with van der Waals surface area (Å²) in [6, 6.07) is 7.09. The summed E-state index contributed by atoms with van der Waals surface area (Å²) in [4.78, 5) is 2.52. The highest BCUT2D eigenvalue weighted by Crippen LogP contribution is 2.31. The molecule has 0 bridgehead atoms. The molecule has 4 rings (SSSR count). The molecule has 3 heterocycles. The molecule has 1 aromatic carbocycles. The first-order valence-corrected chi connectivity index (χ1v) is 7.73. The topological polar surface area (TPSA) is 38.5 Å². The molecule has 0 spiro atoms. The molecule has 0 radical (unpaired) electrons. The van der Waals surface area contributed by atoms with Gasteiger partial charge in [0.15, 0.2) is 0 Å². The van der Waals surface area contributed by atoms with Gasteiger partial charge >= 0.3 is 0 Å². The average Bonchev–Trinajstić information content (AvgIpc) is 3.11. The van der Waals surface area contributed by atoms with Crippen molar-refractivity contribution in [3.05, 3.63) is 46.8 Å². The lowest BCUT2D eigenvalue weighted by atomic mass is 10.0. The molecule has 4 heteroatoms. The fourth-order valence-corrected chi connectivity index (χ4v) is 3.36. The Morgan fingerprint density at radius 1 is 1.14 bits per heavy atom. The van der Waals surface area contributed by atoms with E-state index < -0.39 is 0 Å². The number of hydrogen-bond donors (Lipinski definition) is 0. The average molecular weight is 284 g/mol. The van der Waals surface area contributed by atoms with Gasteiger partial charge in [0.2, 0.25) is 0 Å². The Morgan fingerprint density at radius 3 is 3.00 bits per heavy atom. The first-order chi connectivity index (χ1) is 10.3. The fraction of sp³-hybridized carbons (Fsp3) is 0.471. The lowest BCUT2D eigenvalue weighted by molar-refractivity contribution is 0.215. The number of rotatable bonds is 2. The summed E-state index contributed by atoms with van der Waals surface area (Å²) in [6.45, 7) is 5.17. The molecule has 0 saturated carbocycles. The zero-order chi connectivity index (χ0) is 14.2. The second kappa shape index (κ2) is 5.19. The van der Waals surface area contributed by atoms with E-state index in [2.05, 4.69) is 35.2 Å². The molecule has 2 aliphatic rings. The maximum absolute atomic E-state index is 5.70. The maximum atomic E-state index is 5.70. The lowest BCUT2D eigenvalue weighted by Gasteiger charge is -2.28. The van der Waals surface area contributed by atoms with Gasteiger partial charge in [0.05, 0.1) is 12.8 Å². The second-order valence-corrected chi connectivity index (χ2v) is 5.95. The molecular formula is C17H20N2O2. The number of ether oxygens (including phenoxy) is 1. The highest BCUT2D eigenvalue weighted by molar-refractivity contribution is 5.41. The lowest BCUT2D eigenvalue weighted by Crippen LogP contribution is -2.29. The monoisotopic (exact) mass is 284 g/mol. The minimum absolute atomic E-state index is 0.400. The molecule has 0 aliphatic carbocycles. The van der Waals surface area contributed by atoms with Crippen molar-refractivity contribution in [1.82, 2.24) is 10.1 Å². The van der Waals surface area contributed by atoms with Crippen molar-refractivity contribution in [2.45, 2.75) is 32.2 Å². The van der Waals surface area contributed by atoms with E-state index in [1.807, 2.05) is 6.20 Å². The van der Waals surface area contributed by atoms with Crippen LogP contribution in [-0.4, -0.2) is 29.8 Å². The highest BCUT2D eigenvalue weighted by atomic mass is 16.5. The molecule has 0 amide bonds. The van der Waals surface area contributed by atoms with Crippen LogP contribution in [0.1, 0.15) is 35.4 Å². The van der Waals surface area contributed by atoms with Crippen molar-refractivity contribution in [2.75, 3.05) is 19.7 Å². The van der Waals surface area contributed by atoms with Crippen molar-refractivity contribution in [2.24, 2.45) is 0 Å². The van der Waals surface area contributed by atoms with E-state index in [1.165, 1.54) is 16.7 Å². The van der Waals surface area contributed by atoms with Gasteiger partial charge < -0.3 is 9.26 Å². The van der Waals surface area contributed by atoms with E-state index in [0.717, 1.165) is 50.5 Å². The second-order valence-electron chi connectivity index (χ2n) is 5.95. The van der Waals surface area contributed by atoms with Gasteiger partial charge in [-0.25, -0.2) is 0 Å². The zero-order valence-corrected chi connectivity index (χ0v) is 12.3. The van der Waals surface area contributed by atoms with Crippen molar-refractivity contribution in [3.8, 4) is 5.75 Å². The van der Waals surface area contributed by atoms with E-state index in [0.29, 0.717) is 6.04 Å². The Labute approximate surface area is 124 Å². The van der Waals surface area contributed by atoms with Gasteiger partial charge in [-0.1, -0.05) is 17.3 Å². The Balaban J connectivity index is 1.52. The maximum Gasteiger partial charge on any atom is 0.141 e. The van der Waals surface area contributed by atoms with Crippen LogP contribution < -0.4 is 4.74 Å². The third kappa shape index (κ3) is 2.33. The minimum Gasteiger partial charge on any atom is -0.493 e. The molecule has 110 valence electrons. The third-order valence-corrected chi connectivity index (χ3v) is 4.77. The SMILES string of the molecule is CC(c1ccc2c(c1)OCC2)N1CCc2cnoc2CC1. The number of aromatic nitrogens is 1. The molecule has 1 aromatic heterocycles. The van der Waals surface area contributed by atoms with Crippen LogP contribution in [0.2, 0.25) is 0 Å². The van der Waals surface area contributed by atoms with E-state index in [-0.39, 0.29) is 0 Å². The van der Waals surface area contributed by atoms with E-state index in [4.69, 9.17) is 9.26 Å². The number of nitrogens with zero attached hydrogens (tertiary/aromatic N) is 2. The zero-order valence-electron chi connectivity index (χ0n) is 12.3. The molecule has 0 N–H and O–H groups in total. The molecule has 1 unspecified atom stereocenters. The normalized spacial score (nSPS) is 19.5. The molecule has 0 saturated heterocycles. The Morgan fingerprint density at radius 2 is 2.05 bits per heavy atom. The van der Waals surface area contributed by atoms with Crippen LogP contribution in [0.25, 0.3) is 0 Å². The van der Waals surface area contributed by atoms with Gasteiger partial charge in [-0.3, -0.25) is 4.90 Å². The van der Waals surface area contributed by atoms with Crippen molar-refractivity contribution >= 4 is 0 Å². The van der Waals surface area contributed by atoms with Crippen LogP contribution in [0.15, 0.2) is 28.9 Å². The summed E-state index contributed by atoms with van der Waals surface area (Å²) in [5, 5.41) is 3.90. The van der Waals surface area contributed by atoms with Crippen LogP contribution in [0, 0.1) is 0 Å². The molecular weight excluding hydrogens is 264 g/mol. The minimum atomic E-state index is 0.400. The van der Waals surface area contributed by atoms with Gasteiger partial charge in [-0.2, -0.15) is 0 Å². The standard InChI is InChI=1S/C17H20N2O2/c1-12(14-3-2-13-6-9-20-17(13)10-14)19-7-4-15-11-18-21-16(15)5-8-19/h2-3,10-12H,4-9H2,1H3. The van der Waals surface area contributed by atoms with Gasteiger partial charge in [0.25, 0.3) is 0 Å². The first-order valence-electron chi connectivity index (χ1n) is 7.73. The largest absolute Gasteiger partial charge is 0.493 e. The number of benzene rings is 1. The summed E-state index contributed by atoms with van der Waals surface area (Å²) in [5.41, 5.74) is 3.95. The Kier molecular flexibility index (Phi) is 3.19. The molecule has 2 aliphatic heterocycles. The van der Waals surface area contributed by atoms with E-state index in [1.54, 1.807) is 0 Å². The van der Waals surface area contributed by atoms with Crippen LogP contribution in [0.3, 0.4) is 0 Å². The molecule has 4 nitrogen and oxygen atoms in total. The van der Waals surface area contributed by atoms with Gasteiger partial charge in [-0.05, 0) is 30.5 Å². The van der Waals surface area contributed by atoms with Gasteiger partial charge in [-0.15, -0.1) is 0 Å². The number of hydrogen-bond acceptors (Lipinski definition) is 4. The predicted octanol–water partition coefficient (Wildman–Crippen LogP) is 2.77. The Hall–Kier alpha value is -1.81. The predicted molar refractivity (Wildman–Crippen MR) is 79.5 cm³/mol. The van der Waals surface area contributed by atoms with Crippen molar-refractivity contribution in [3.63, 3.8) is 0 Å². The van der Waals surface area contributed by atoms with Gasteiger partial charge in [0.1, 0.15) is 11.5 Å². The third-order valence-electron chi connectivity index (χ3n) is 4.77. The Bertz CT molecular complexity index is 627. The van der Waals surface area contributed by atoms with Gasteiger partial charge in [0, 0.05) is 37.5 Å². The summed E-state index contributed by atoms with van der Waals surface area (Å²) in [7, 11) is 0. The van der Waals surface area contributed by atoms with Crippen LogP contribution >= 0.6 is 0 Å². The molecule has 1 atom stereocenters. The van der Waals surface area contributed by atoms with Crippen molar-refractivity contribution in [1.29, 1.82) is 0 Å². The van der Waals surface area contributed by atoms with Crippen molar-refractivity contribution < 1.29 is 9.26 Å². The summed E-state index contributed by atoms with van der Waals surface area (Å²) in [5.74, 6) is 2.13. The first kappa shape index (κ1) is 12.9. The molecule has 2 aromatic rings. The fourth-order valence-electron chi connectivity index (χ4n) is 3.36.